The Morgan fingerprint density at radius 2 is 2.21 bits per heavy atom. The molecule has 2 N–H and O–H groups in total. The summed E-state index contributed by atoms with van der Waals surface area (Å²) >= 11 is 3.38. The highest BCUT2D eigenvalue weighted by molar-refractivity contribution is 9.10. The average Bonchev–Trinajstić information content (AvgIpc) is 2.45. The van der Waals surface area contributed by atoms with Crippen LogP contribution in [-0.4, -0.2) is 5.78 Å². The number of halogens is 1. The fourth-order valence-corrected chi connectivity index (χ4v) is 2.05. The van der Waals surface area contributed by atoms with Gasteiger partial charge in [-0.2, -0.15) is 0 Å². The molecular formula is C11H10BrNO. The number of carbonyl (C=O) groups excluding carboxylic acids is 1. The van der Waals surface area contributed by atoms with Gasteiger partial charge in [-0.15, -0.1) is 0 Å². The maximum absolute atomic E-state index is 11.4. The summed E-state index contributed by atoms with van der Waals surface area (Å²) in [6, 6.07) is 5.75. The van der Waals surface area contributed by atoms with E-state index in [1.54, 1.807) is 6.08 Å². The van der Waals surface area contributed by atoms with Crippen molar-refractivity contribution in [3.05, 3.63) is 39.9 Å². The van der Waals surface area contributed by atoms with Crippen molar-refractivity contribution in [3.63, 3.8) is 0 Å². The van der Waals surface area contributed by atoms with Crippen molar-refractivity contribution in [1.82, 2.24) is 0 Å². The van der Waals surface area contributed by atoms with Gasteiger partial charge in [0, 0.05) is 4.47 Å². The van der Waals surface area contributed by atoms with Crippen LogP contribution in [0.4, 0.5) is 0 Å². The first-order valence-corrected chi connectivity index (χ1v) is 5.12. The van der Waals surface area contributed by atoms with Crippen LogP contribution in [0.25, 0.3) is 6.08 Å². The molecule has 1 aliphatic carbocycles. The van der Waals surface area contributed by atoms with Crippen LogP contribution in [0.3, 0.4) is 0 Å². The van der Waals surface area contributed by atoms with E-state index in [0.29, 0.717) is 0 Å². The molecule has 0 aromatic heterocycles. The fourth-order valence-electron chi connectivity index (χ4n) is 1.67. The number of hydrogen-bond donors (Lipinski definition) is 1. The first-order chi connectivity index (χ1) is 6.54. The van der Waals surface area contributed by atoms with E-state index in [2.05, 4.69) is 15.9 Å². The number of benzene rings is 1. The largest absolute Gasteiger partial charge is 0.312 e. The quantitative estimate of drug-likeness (QED) is 0.832. The van der Waals surface area contributed by atoms with Gasteiger partial charge in [-0.3, -0.25) is 4.79 Å². The van der Waals surface area contributed by atoms with Crippen LogP contribution in [0.5, 0.6) is 0 Å². The van der Waals surface area contributed by atoms with Gasteiger partial charge in [-0.25, -0.2) is 0 Å². The molecular weight excluding hydrogens is 242 g/mol. The molecule has 2 rings (SSSR count). The van der Waals surface area contributed by atoms with Crippen LogP contribution in [-0.2, 0) is 10.3 Å². The van der Waals surface area contributed by atoms with E-state index in [9.17, 15) is 4.79 Å². The molecule has 2 nitrogen and oxygen atoms in total. The first kappa shape index (κ1) is 9.62. The van der Waals surface area contributed by atoms with Gasteiger partial charge >= 0.3 is 0 Å². The number of ketones is 1. The molecule has 3 heteroatoms. The summed E-state index contributed by atoms with van der Waals surface area (Å²) in [5, 5.41) is 0. The molecule has 0 amide bonds. The van der Waals surface area contributed by atoms with Crippen molar-refractivity contribution in [2.45, 2.75) is 12.5 Å². The van der Waals surface area contributed by atoms with Gasteiger partial charge in [0.05, 0.1) is 0 Å². The Labute approximate surface area is 90.9 Å². The van der Waals surface area contributed by atoms with Crippen molar-refractivity contribution in [2.75, 3.05) is 0 Å². The van der Waals surface area contributed by atoms with E-state index in [1.807, 2.05) is 24.3 Å². The lowest BCUT2D eigenvalue weighted by molar-refractivity contribution is -0.120. The second kappa shape index (κ2) is 3.04. The topological polar surface area (TPSA) is 43.1 Å². The monoisotopic (exact) mass is 251 g/mol. The molecule has 0 aliphatic heterocycles. The van der Waals surface area contributed by atoms with Gasteiger partial charge in [-0.05, 0) is 30.2 Å². The van der Waals surface area contributed by atoms with E-state index >= 15 is 0 Å². The third-order valence-corrected chi connectivity index (χ3v) is 3.06. The zero-order valence-electron chi connectivity index (χ0n) is 7.75. The van der Waals surface area contributed by atoms with E-state index in [-0.39, 0.29) is 5.78 Å². The van der Waals surface area contributed by atoms with Crippen LogP contribution in [0.15, 0.2) is 28.7 Å². The fraction of sp³-hybridized carbons (Fsp3) is 0.182. The molecule has 1 aromatic rings. The number of Topliss-reactive ketones (excluding diaryl/α,β-unsaturated/α-hetero) is 1. The van der Waals surface area contributed by atoms with Gasteiger partial charge < -0.3 is 5.73 Å². The summed E-state index contributed by atoms with van der Waals surface area (Å²) in [7, 11) is 0. The zero-order chi connectivity index (χ0) is 10.3. The van der Waals surface area contributed by atoms with E-state index in [0.717, 1.165) is 15.6 Å². The van der Waals surface area contributed by atoms with Crippen LogP contribution in [0.2, 0.25) is 0 Å². The van der Waals surface area contributed by atoms with Crippen molar-refractivity contribution >= 4 is 27.8 Å². The summed E-state index contributed by atoms with van der Waals surface area (Å²) in [5.41, 5.74) is 6.99. The van der Waals surface area contributed by atoms with Crippen LogP contribution < -0.4 is 5.73 Å². The Kier molecular flexibility index (Phi) is 2.09. The number of hydrogen-bond acceptors (Lipinski definition) is 2. The maximum Gasteiger partial charge on any atom is 0.158 e. The summed E-state index contributed by atoms with van der Waals surface area (Å²) in [6.45, 7) is 1.52. The molecule has 0 saturated carbocycles. The Morgan fingerprint density at radius 1 is 1.50 bits per heavy atom. The number of fused-ring (bicyclic) bond motifs is 1. The number of carbonyl (C=O) groups is 1. The summed E-state index contributed by atoms with van der Waals surface area (Å²) in [4.78, 5) is 11.4. The Bertz CT molecular complexity index is 439. The smallest absolute Gasteiger partial charge is 0.158 e. The van der Waals surface area contributed by atoms with Gasteiger partial charge in [0.25, 0.3) is 0 Å². The predicted octanol–water partition coefficient (Wildman–Crippen LogP) is 2.22. The van der Waals surface area contributed by atoms with Gasteiger partial charge in [-0.1, -0.05) is 34.1 Å². The highest BCUT2D eigenvalue weighted by Crippen LogP contribution is 2.34. The highest BCUT2D eigenvalue weighted by atomic mass is 79.9. The minimum Gasteiger partial charge on any atom is -0.312 e. The molecule has 1 aliphatic rings. The lowest BCUT2D eigenvalue weighted by Gasteiger charge is -2.20. The third-order valence-electron chi connectivity index (χ3n) is 2.57. The Morgan fingerprint density at radius 3 is 2.86 bits per heavy atom. The predicted molar refractivity (Wildman–Crippen MR) is 59.7 cm³/mol. The van der Waals surface area contributed by atoms with Crippen LogP contribution >= 0.6 is 15.9 Å². The second-order valence-corrected chi connectivity index (χ2v) is 4.41. The molecule has 0 spiro atoms. The Balaban J connectivity index is 2.61. The molecule has 14 heavy (non-hydrogen) atoms. The van der Waals surface area contributed by atoms with E-state index in [1.165, 1.54) is 6.92 Å². The van der Waals surface area contributed by atoms with Gasteiger partial charge in [0.2, 0.25) is 0 Å². The van der Waals surface area contributed by atoms with Gasteiger partial charge in [0.1, 0.15) is 5.54 Å². The molecule has 1 atom stereocenters. The molecule has 0 heterocycles. The standard InChI is InChI=1S/C11H10BrNO/c1-7(14)11(13)5-4-8-6-9(12)2-3-10(8)11/h2-6H,13H2,1H3/t11-/m0/s1. The maximum atomic E-state index is 11.4. The second-order valence-electron chi connectivity index (χ2n) is 3.49. The minimum absolute atomic E-state index is 0.0326. The molecule has 72 valence electrons. The lowest BCUT2D eigenvalue weighted by Crippen LogP contribution is -2.40. The summed E-state index contributed by atoms with van der Waals surface area (Å²) < 4.78 is 0.994. The van der Waals surface area contributed by atoms with E-state index < -0.39 is 5.54 Å². The van der Waals surface area contributed by atoms with Crippen molar-refractivity contribution in [1.29, 1.82) is 0 Å². The van der Waals surface area contributed by atoms with Crippen LogP contribution in [0.1, 0.15) is 18.1 Å². The normalized spacial score (nSPS) is 23.6. The molecule has 0 radical (unpaired) electrons. The Hall–Kier alpha value is -0.930. The van der Waals surface area contributed by atoms with E-state index in [4.69, 9.17) is 5.73 Å². The number of rotatable bonds is 1. The molecule has 0 unspecified atom stereocenters. The van der Waals surface area contributed by atoms with Crippen LogP contribution in [0, 0.1) is 0 Å². The number of nitrogens with two attached hydrogens (primary N) is 1. The summed E-state index contributed by atoms with van der Waals surface area (Å²) in [5.74, 6) is -0.0326. The van der Waals surface area contributed by atoms with Crippen molar-refractivity contribution in [2.24, 2.45) is 5.73 Å². The molecule has 0 fully saturated rings. The van der Waals surface area contributed by atoms with Crippen molar-refractivity contribution in [3.8, 4) is 0 Å². The molecule has 0 bridgehead atoms. The molecule has 1 aromatic carbocycles. The molecule has 0 saturated heterocycles. The van der Waals surface area contributed by atoms with Gasteiger partial charge in [0.15, 0.2) is 5.78 Å². The first-order valence-electron chi connectivity index (χ1n) is 4.33. The lowest BCUT2D eigenvalue weighted by atomic mass is 9.90. The third kappa shape index (κ3) is 1.24. The average molecular weight is 252 g/mol. The zero-order valence-corrected chi connectivity index (χ0v) is 9.34. The minimum atomic E-state index is -0.921. The van der Waals surface area contributed by atoms with Crippen molar-refractivity contribution < 1.29 is 4.79 Å². The SMILES string of the molecule is CC(=O)[C@@]1(N)C=Cc2cc(Br)ccc21. The summed E-state index contributed by atoms with van der Waals surface area (Å²) in [6.07, 6.45) is 3.65. The highest BCUT2D eigenvalue weighted by Gasteiger charge is 2.34.